The minimum Gasteiger partial charge on any atom is -0.396 e. The quantitative estimate of drug-likeness (QED) is 0.907. The van der Waals surface area contributed by atoms with Gasteiger partial charge in [0.1, 0.15) is 5.82 Å². The summed E-state index contributed by atoms with van der Waals surface area (Å²) in [6.07, 6.45) is 2.99. The van der Waals surface area contributed by atoms with Crippen molar-refractivity contribution in [3.05, 3.63) is 71.5 Å². The van der Waals surface area contributed by atoms with Gasteiger partial charge in [0.25, 0.3) is 0 Å². The molecule has 0 aliphatic carbocycles. The van der Waals surface area contributed by atoms with Crippen molar-refractivity contribution in [3.63, 3.8) is 0 Å². The first-order valence-corrected chi connectivity index (χ1v) is 8.40. The molecule has 1 heterocycles. The molecule has 3 rings (SSSR count). The van der Waals surface area contributed by atoms with Gasteiger partial charge in [-0.2, -0.15) is 0 Å². The zero-order valence-corrected chi connectivity index (χ0v) is 13.4. The van der Waals surface area contributed by atoms with Gasteiger partial charge in [-0.05, 0) is 61.5 Å². The summed E-state index contributed by atoms with van der Waals surface area (Å²) in [5.41, 5.74) is 2.46. The molecule has 1 atom stereocenters. The third kappa shape index (κ3) is 4.18. The lowest BCUT2D eigenvalue weighted by Crippen LogP contribution is -2.38. The van der Waals surface area contributed by atoms with Crippen molar-refractivity contribution < 1.29 is 9.50 Å². The molecule has 0 aromatic heterocycles. The maximum absolute atomic E-state index is 13.3. The van der Waals surface area contributed by atoms with E-state index in [9.17, 15) is 9.50 Å². The van der Waals surface area contributed by atoms with Crippen LogP contribution in [0.3, 0.4) is 0 Å². The lowest BCUT2D eigenvalue weighted by Gasteiger charge is -2.37. The Morgan fingerprint density at radius 3 is 2.26 bits per heavy atom. The van der Waals surface area contributed by atoms with Crippen molar-refractivity contribution in [2.24, 2.45) is 5.92 Å². The SMILES string of the molecule is OCC1CCN(C(Cc2ccccc2)c2ccc(F)cc2)CC1. The second kappa shape index (κ2) is 7.71. The number of hydrogen-bond acceptors (Lipinski definition) is 2. The molecule has 0 spiro atoms. The Bertz CT molecular complexity index is 591. The fourth-order valence-corrected chi connectivity index (χ4v) is 3.43. The van der Waals surface area contributed by atoms with Crippen LogP contribution < -0.4 is 0 Å². The van der Waals surface area contributed by atoms with E-state index in [1.165, 1.54) is 5.56 Å². The number of halogens is 1. The minimum absolute atomic E-state index is 0.189. The van der Waals surface area contributed by atoms with Gasteiger partial charge in [-0.25, -0.2) is 4.39 Å². The third-order valence-electron chi connectivity index (χ3n) is 4.87. The molecule has 2 nitrogen and oxygen atoms in total. The third-order valence-corrected chi connectivity index (χ3v) is 4.87. The van der Waals surface area contributed by atoms with E-state index in [1.54, 1.807) is 12.1 Å². The highest BCUT2D eigenvalue weighted by atomic mass is 19.1. The van der Waals surface area contributed by atoms with Gasteiger partial charge in [0.2, 0.25) is 0 Å². The second-order valence-corrected chi connectivity index (χ2v) is 6.42. The highest BCUT2D eigenvalue weighted by molar-refractivity contribution is 5.24. The van der Waals surface area contributed by atoms with Crippen LogP contribution in [0.15, 0.2) is 54.6 Å². The Hall–Kier alpha value is -1.71. The Kier molecular flexibility index (Phi) is 5.42. The summed E-state index contributed by atoms with van der Waals surface area (Å²) in [4.78, 5) is 2.48. The number of aliphatic hydroxyl groups is 1. The summed E-state index contributed by atoms with van der Waals surface area (Å²) in [7, 11) is 0. The minimum atomic E-state index is -0.189. The molecule has 1 unspecified atom stereocenters. The molecule has 1 saturated heterocycles. The fourth-order valence-electron chi connectivity index (χ4n) is 3.43. The average molecular weight is 313 g/mol. The summed E-state index contributed by atoms with van der Waals surface area (Å²) in [5, 5.41) is 9.34. The van der Waals surface area contributed by atoms with Gasteiger partial charge in [-0.15, -0.1) is 0 Å². The van der Waals surface area contributed by atoms with Crippen LogP contribution in [0, 0.1) is 11.7 Å². The summed E-state index contributed by atoms with van der Waals surface area (Å²) in [6.45, 7) is 2.26. The van der Waals surface area contributed by atoms with Crippen LogP contribution in [0.1, 0.15) is 30.0 Å². The highest BCUT2D eigenvalue weighted by Crippen LogP contribution is 2.29. The number of likely N-dealkylation sites (tertiary alicyclic amines) is 1. The van der Waals surface area contributed by atoms with E-state index in [0.717, 1.165) is 37.9 Å². The molecular weight excluding hydrogens is 289 g/mol. The van der Waals surface area contributed by atoms with Gasteiger partial charge in [0, 0.05) is 12.6 Å². The summed E-state index contributed by atoms with van der Waals surface area (Å²) in [6, 6.07) is 17.6. The molecule has 1 N–H and O–H groups in total. The first kappa shape index (κ1) is 16.2. The largest absolute Gasteiger partial charge is 0.396 e. The zero-order valence-electron chi connectivity index (χ0n) is 13.4. The maximum Gasteiger partial charge on any atom is 0.123 e. The number of piperidine rings is 1. The Balaban J connectivity index is 1.80. The maximum atomic E-state index is 13.3. The molecule has 23 heavy (non-hydrogen) atoms. The molecule has 2 aromatic rings. The molecular formula is C20H24FNO. The lowest BCUT2D eigenvalue weighted by atomic mass is 9.92. The van der Waals surface area contributed by atoms with Crippen LogP contribution in [0.4, 0.5) is 4.39 Å². The standard InChI is InChI=1S/C20H24FNO/c21-19-8-6-18(7-9-19)20(14-16-4-2-1-3-5-16)22-12-10-17(15-23)11-13-22/h1-9,17,20,23H,10-15H2. The molecule has 0 saturated carbocycles. The Morgan fingerprint density at radius 1 is 1.00 bits per heavy atom. The predicted molar refractivity (Wildman–Crippen MR) is 90.7 cm³/mol. The van der Waals surface area contributed by atoms with Crippen molar-refractivity contribution in [1.82, 2.24) is 4.90 Å². The molecule has 1 aliphatic heterocycles. The van der Waals surface area contributed by atoms with E-state index in [4.69, 9.17) is 0 Å². The van der Waals surface area contributed by atoms with E-state index in [2.05, 4.69) is 29.2 Å². The van der Waals surface area contributed by atoms with Crippen LogP contribution in [0.2, 0.25) is 0 Å². The number of hydrogen-bond donors (Lipinski definition) is 1. The fraction of sp³-hybridized carbons (Fsp3) is 0.400. The van der Waals surface area contributed by atoms with Gasteiger partial charge >= 0.3 is 0 Å². The van der Waals surface area contributed by atoms with E-state index >= 15 is 0 Å². The topological polar surface area (TPSA) is 23.5 Å². The van der Waals surface area contributed by atoms with Gasteiger partial charge in [-0.3, -0.25) is 4.90 Å². The molecule has 2 aromatic carbocycles. The van der Waals surface area contributed by atoms with Crippen LogP contribution in [0.25, 0.3) is 0 Å². The van der Waals surface area contributed by atoms with Gasteiger partial charge in [0.15, 0.2) is 0 Å². The molecule has 0 radical (unpaired) electrons. The second-order valence-electron chi connectivity index (χ2n) is 6.42. The van der Waals surface area contributed by atoms with E-state index in [0.29, 0.717) is 5.92 Å². The zero-order chi connectivity index (χ0) is 16.1. The van der Waals surface area contributed by atoms with Crippen molar-refractivity contribution >= 4 is 0 Å². The molecule has 0 bridgehead atoms. The number of nitrogens with zero attached hydrogens (tertiary/aromatic N) is 1. The molecule has 1 fully saturated rings. The summed E-state index contributed by atoms with van der Waals surface area (Å²) < 4.78 is 13.3. The van der Waals surface area contributed by atoms with Crippen molar-refractivity contribution in [2.45, 2.75) is 25.3 Å². The first-order chi connectivity index (χ1) is 11.3. The van der Waals surface area contributed by atoms with Gasteiger partial charge < -0.3 is 5.11 Å². The van der Waals surface area contributed by atoms with E-state index in [-0.39, 0.29) is 18.5 Å². The first-order valence-electron chi connectivity index (χ1n) is 8.40. The Labute approximate surface area is 137 Å². The van der Waals surface area contributed by atoms with Crippen molar-refractivity contribution in [3.8, 4) is 0 Å². The number of aliphatic hydroxyl groups excluding tert-OH is 1. The smallest absolute Gasteiger partial charge is 0.123 e. The molecule has 0 amide bonds. The van der Waals surface area contributed by atoms with Crippen molar-refractivity contribution in [1.29, 1.82) is 0 Å². The van der Waals surface area contributed by atoms with Crippen LogP contribution in [0.5, 0.6) is 0 Å². The summed E-state index contributed by atoms with van der Waals surface area (Å²) >= 11 is 0. The highest BCUT2D eigenvalue weighted by Gasteiger charge is 2.26. The van der Waals surface area contributed by atoms with Gasteiger partial charge in [0.05, 0.1) is 0 Å². The van der Waals surface area contributed by atoms with E-state index < -0.39 is 0 Å². The lowest BCUT2D eigenvalue weighted by molar-refractivity contribution is 0.0995. The molecule has 3 heteroatoms. The molecule has 1 aliphatic rings. The number of benzene rings is 2. The predicted octanol–water partition coefficient (Wildman–Crippen LogP) is 3.81. The monoisotopic (exact) mass is 313 g/mol. The van der Waals surface area contributed by atoms with Crippen LogP contribution >= 0.6 is 0 Å². The summed E-state index contributed by atoms with van der Waals surface area (Å²) in [5.74, 6) is 0.239. The van der Waals surface area contributed by atoms with Crippen LogP contribution in [-0.4, -0.2) is 29.7 Å². The average Bonchev–Trinajstić information content (AvgIpc) is 2.62. The normalized spacial score (nSPS) is 18.0. The van der Waals surface area contributed by atoms with E-state index in [1.807, 2.05) is 18.2 Å². The number of rotatable bonds is 5. The molecule has 122 valence electrons. The van der Waals surface area contributed by atoms with Crippen LogP contribution in [-0.2, 0) is 6.42 Å². The van der Waals surface area contributed by atoms with Crippen molar-refractivity contribution in [2.75, 3.05) is 19.7 Å². The van der Waals surface area contributed by atoms with Gasteiger partial charge in [-0.1, -0.05) is 42.5 Å². The Morgan fingerprint density at radius 2 is 1.65 bits per heavy atom.